The summed E-state index contributed by atoms with van der Waals surface area (Å²) in [5, 5.41) is 3.02. The Labute approximate surface area is 98.3 Å². The molecule has 0 spiro atoms. The van der Waals surface area contributed by atoms with Crippen molar-refractivity contribution in [2.75, 3.05) is 33.3 Å². The number of rotatable bonds is 5. The lowest BCUT2D eigenvalue weighted by Crippen LogP contribution is -2.45. The molecule has 16 heavy (non-hydrogen) atoms. The third-order valence-corrected chi connectivity index (χ3v) is 3.12. The molecule has 1 rings (SSSR count). The first kappa shape index (κ1) is 13.5. The van der Waals surface area contributed by atoms with E-state index in [2.05, 4.69) is 24.1 Å². The number of likely N-dealkylation sites (tertiary alicyclic amines) is 1. The molecular weight excluding hydrogens is 204 g/mol. The summed E-state index contributed by atoms with van der Waals surface area (Å²) < 4.78 is 5.03. The minimum atomic E-state index is -0.200. The molecule has 1 fully saturated rings. The number of nitrogens with zero attached hydrogens (tertiary/aromatic N) is 1. The molecule has 0 bridgehead atoms. The van der Waals surface area contributed by atoms with E-state index in [-0.39, 0.29) is 12.0 Å². The topological polar surface area (TPSA) is 41.6 Å². The molecule has 0 aromatic rings. The predicted octanol–water partition coefficient (Wildman–Crippen LogP) is 0.869. The number of ether oxygens (including phenoxy) is 1. The van der Waals surface area contributed by atoms with Crippen molar-refractivity contribution in [3.05, 3.63) is 0 Å². The summed E-state index contributed by atoms with van der Waals surface area (Å²) in [7, 11) is 1.81. The van der Waals surface area contributed by atoms with Gasteiger partial charge in [-0.25, -0.2) is 0 Å². The van der Waals surface area contributed by atoms with Crippen LogP contribution in [0.1, 0.15) is 27.2 Å². The Morgan fingerprint density at radius 2 is 2.25 bits per heavy atom. The zero-order valence-electron chi connectivity index (χ0n) is 10.9. The lowest BCUT2D eigenvalue weighted by atomic mass is 9.93. The van der Waals surface area contributed by atoms with Crippen molar-refractivity contribution in [1.29, 1.82) is 0 Å². The maximum atomic E-state index is 11.6. The van der Waals surface area contributed by atoms with Gasteiger partial charge in [0.05, 0.1) is 6.61 Å². The number of carbonyl (C=O) groups is 1. The second kappa shape index (κ2) is 5.64. The zero-order chi connectivity index (χ0) is 12.2. The van der Waals surface area contributed by atoms with Crippen LogP contribution < -0.4 is 5.32 Å². The van der Waals surface area contributed by atoms with E-state index in [1.54, 1.807) is 0 Å². The van der Waals surface area contributed by atoms with E-state index in [0.29, 0.717) is 12.0 Å². The number of hydrogen-bond donors (Lipinski definition) is 1. The summed E-state index contributed by atoms with van der Waals surface area (Å²) in [6.07, 6.45) is 1.20. The summed E-state index contributed by atoms with van der Waals surface area (Å²) >= 11 is 0. The maximum absolute atomic E-state index is 11.6. The number of esters is 1. The summed E-state index contributed by atoms with van der Waals surface area (Å²) in [5.41, 5.74) is 0.382. The Kier molecular flexibility index (Phi) is 4.74. The van der Waals surface area contributed by atoms with Gasteiger partial charge in [0.2, 0.25) is 0 Å². The zero-order valence-corrected chi connectivity index (χ0v) is 10.9. The predicted molar refractivity (Wildman–Crippen MR) is 64.3 cm³/mol. The second-order valence-electron chi connectivity index (χ2n) is 5.24. The molecule has 1 heterocycles. The van der Waals surface area contributed by atoms with E-state index in [9.17, 15) is 4.79 Å². The van der Waals surface area contributed by atoms with Crippen LogP contribution in [0.5, 0.6) is 0 Å². The molecule has 94 valence electrons. The van der Waals surface area contributed by atoms with Crippen LogP contribution in [-0.4, -0.2) is 50.2 Å². The van der Waals surface area contributed by atoms with Crippen molar-refractivity contribution in [1.82, 2.24) is 10.2 Å². The average molecular weight is 228 g/mol. The minimum absolute atomic E-state index is 0.144. The highest BCUT2D eigenvalue weighted by atomic mass is 16.5. The molecule has 1 N–H and O–H groups in total. The monoisotopic (exact) mass is 228 g/mol. The lowest BCUT2D eigenvalue weighted by molar-refractivity contribution is -0.146. The van der Waals surface area contributed by atoms with Crippen molar-refractivity contribution in [2.45, 2.75) is 33.2 Å². The van der Waals surface area contributed by atoms with Crippen LogP contribution in [0.3, 0.4) is 0 Å². The molecule has 0 amide bonds. The van der Waals surface area contributed by atoms with Gasteiger partial charge in [0.15, 0.2) is 0 Å². The van der Waals surface area contributed by atoms with Gasteiger partial charge < -0.3 is 15.0 Å². The van der Waals surface area contributed by atoms with Gasteiger partial charge in [-0.1, -0.05) is 13.8 Å². The summed E-state index contributed by atoms with van der Waals surface area (Å²) in [5.74, 6) is -0.144. The largest absolute Gasteiger partial charge is 0.465 e. The van der Waals surface area contributed by atoms with Gasteiger partial charge in [-0.05, 0) is 32.4 Å². The molecule has 0 aromatic carbocycles. The summed E-state index contributed by atoms with van der Waals surface area (Å²) in [6, 6.07) is -0.200. The fraction of sp³-hybridized carbons (Fsp3) is 0.917. The first-order valence-electron chi connectivity index (χ1n) is 6.05. The first-order valence-corrected chi connectivity index (χ1v) is 6.05. The summed E-state index contributed by atoms with van der Waals surface area (Å²) in [4.78, 5) is 13.9. The molecule has 0 radical (unpaired) electrons. The third-order valence-electron chi connectivity index (χ3n) is 3.12. The lowest BCUT2D eigenvalue weighted by Gasteiger charge is -2.23. The van der Waals surface area contributed by atoms with Crippen LogP contribution in [0, 0.1) is 5.41 Å². The van der Waals surface area contributed by atoms with Gasteiger partial charge in [0.1, 0.15) is 6.04 Å². The number of likely N-dealkylation sites (N-methyl/N-ethyl adjacent to an activating group) is 1. The fourth-order valence-corrected chi connectivity index (χ4v) is 2.16. The molecule has 1 saturated heterocycles. The van der Waals surface area contributed by atoms with E-state index >= 15 is 0 Å². The highest BCUT2D eigenvalue weighted by Gasteiger charge is 2.31. The van der Waals surface area contributed by atoms with Crippen LogP contribution >= 0.6 is 0 Å². The highest BCUT2D eigenvalue weighted by Crippen LogP contribution is 2.28. The molecule has 0 aromatic heterocycles. The Morgan fingerprint density at radius 1 is 1.56 bits per heavy atom. The van der Waals surface area contributed by atoms with Gasteiger partial charge >= 0.3 is 5.97 Å². The van der Waals surface area contributed by atoms with Crippen molar-refractivity contribution < 1.29 is 9.53 Å². The Bertz CT molecular complexity index is 241. The molecule has 1 unspecified atom stereocenters. The normalized spacial score (nSPS) is 22.0. The van der Waals surface area contributed by atoms with E-state index in [4.69, 9.17) is 4.74 Å². The molecule has 0 saturated carbocycles. The second-order valence-corrected chi connectivity index (χ2v) is 5.24. The first-order chi connectivity index (χ1) is 7.48. The highest BCUT2D eigenvalue weighted by molar-refractivity contribution is 5.76. The van der Waals surface area contributed by atoms with Gasteiger partial charge in [-0.3, -0.25) is 4.79 Å². The standard InChI is InChI=1S/C12H24N2O2/c1-5-16-11(15)10(13-4)8-14-7-6-12(2,3)9-14/h10,13H,5-9H2,1-4H3. The number of nitrogens with one attached hydrogen (secondary N) is 1. The van der Waals surface area contributed by atoms with E-state index in [1.165, 1.54) is 6.42 Å². The minimum Gasteiger partial charge on any atom is -0.465 e. The molecule has 4 nitrogen and oxygen atoms in total. The summed E-state index contributed by atoms with van der Waals surface area (Å²) in [6.45, 7) is 9.71. The van der Waals surface area contributed by atoms with E-state index in [0.717, 1.165) is 19.6 Å². The molecule has 1 atom stereocenters. The van der Waals surface area contributed by atoms with Gasteiger partial charge in [0.25, 0.3) is 0 Å². The average Bonchev–Trinajstić information content (AvgIpc) is 2.55. The number of hydrogen-bond acceptors (Lipinski definition) is 4. The molecular formula is C12H24N2O2. The van der Waals surface area contributed by atoms with E-state index < -0.39 is 0 Å². The third kappa shape index (κ3) is 3.76. The van der Waals surface area contributed by atoms with Crippen molar-refractivity contribution in [2.24, 2.45) is 5.41 Å². The van der Waals surface area contributed by atoms with Crippen molar-refractivity contribution >= 4 is 5.97 Å². The SMILES string of the molecule is CCOC(=O)C(CN1CCC(C)(C)C1)NC. The van der Waals surface area contributed by atoms with E-state index in [1.807, 2.05) is 14.0 Å². The van der Waals surface area contributed by atoms with Gasteiger partial charge in [-0.15, -0.1) is 0 Å². The maximum Gasteiger partial charge on any atom is 0.324 e. The Hall–Kier alpha value is -0.610. The smallest absolute Gasteiger partial charge is 0.324 e. The van der Waals surface area contributed by atoms with Crippen LogP contribution in [0.15, 0.2) is 0 Å². The van der Waals surface area contributed by atoms with Crippen molar-refractivity contribution in [3.63, 3.8) is 0 Å². The Morgan fingerprint density at radius 3 is 2.69 bits per heavy atom. The van der Waals surface area contributed by atoms with Gasteiger partial charge in [0, 0.05) is 13.1 Å². The fourth-order valence-electron chi connectivity index (χ4n) is 2.16. The van der Waals surface area contributed by atoms with Gasteiger partial charge in [-0.2, -0.15) is 0 Å². The molecule has 4 heteroatoms. The quantitative estimate of drug-likeness (QED) is 0.709. The van der Waals surface area contributed by atoms with Crippen LogP contribution in [0.25, 0.3) is 0 Å². The van der Waals surface area contributed by atoms with Crippen LogP contribution in [0.4, 0.5) is 0 Å². The Balaban J connectivity index is 2.42. The number of carbonyl (C=O) groups excluding carboxylic acids is 1. The van der Waals surface area contributed by atoms with Crippen molar-refractivity contribution in [3.8, 4) is 0 Å². The molecule has 1 aliphatic rings. The molecule has 0 aliphatic carbocycles. The molecule has 1 aliphatic heterocycles. The van der Waals surface area contributed by atoms with Crippen LogP contribution in [-0.2, 0) is 9.53 Å². The van der Waals surface area contributed by atoms with Crippen LogP contribution in [0.2, 0.25) is 0 Å².